The first kappa shape index (κ1) is 16.7. The van der Waals surface area contributed by atoms with E-state index in [9.17, 15) is 14.0 Å². The van der Waals surface area contributed by atoms with Gasteiger partial charge in [-0.2, -0.15) is 5.10 Å². The number of amides is 1. The van der Waals surface area contributed by atoms with E-state index in [1.165, 1.54) is 24.3 Å². The lowest BCUT2D eigenvalue weighted by molar-refractivity contribution is 0.102. The van der Waals surface area contributed by atoms with Crippen molar-refractivity contribution in [1.82, 2.24) is 9.78 Å². The molecule has 0 unspecified atom stereocenters. The molecule has 0 radical (unpaired) electrons. The fraction of sp³-hybridized carbons (Fsp3) is 0. The monoisotopic (exact) mass is 359 g/mol. The second-order valence-corrected chi connectivity index (χ2v) is 5.90. The van der Waals surface area contributed by atoms with Crippen molar-refractivity contribution in [2.45, 2.75) is 0 Å². The molecular weight excluding hydrogens is 345 g/mol. The molecule has 27 heavy (non-hydrogen) atoms. The summed E-state index contributed by atoms with van der Waals surface area (Å²) in [7, 11) is 0. The Kier molecular flexibility index (Phi) is 4.22. The summed E-state index contributed by atoms with van der Waals surface area (Å²) in [6, 6.07) is 21.5. The highest BCUT2D eigenvalue weighted by Crippen LogP contribution is 2.16. The van der Waals surface area contributed by atoms with Gasteiger partial charge in [-0.3, -0.25) is 9.59 Å². The van der Waals surface area contributed by atoms with E-state index in [2.05, 4.69) is 10.4 Å². The van der Waals surface area contributed by atoms with Gasteiger partial charge in [-0.25, -0.2) is 9.07 Å². The molecule has 0 atom stereocenters. The summed E-state index contributed by atoms with van der Waals surface area (Å²) in [5.41, 5.74) is 1.01. The van der Waals surface area contributed by atoms with E-state index >= 15 is 0 Å². The summed E-state index contributed by atoms with van der Waals surface area (Å²) >= 11 is 0. The molecule has 0 aliphatic rings. The number of halogens is 1. The Hall–Kier alpha value is -3.80. The minimum Gasteiger partial charge on any atom is -0.320 e. The van der Waals surface area contributed by atoms with Gasteiger partial charge in [0.05, 0.1) is 16.6 Å². The van der Waals surface area contributed by atoms with Crippen LogP contribution in [0.2, 0.25) is 0 Å². The van der Waals surface area contributed by atoms with Gasteiger partial charge < -0.3 is 5.32 Å². The van der Waals surface area contributed by atoms with Crippen molar-refractivity contribution in [3.05, 3.63) is 101 Å². The smallest absolute Gasteiger partial charge is 0.280 e. The SMILES string of the molecule is O=C(Nc1ccc(F)cc1)c1nn(-c2ccccc2)c2ccccc2c1=O. The molecule has 3 aromatic carbocycles. The normalized spacial score (nSPS) is 10.7. The zero-order chi connectivity index (χ0) is 18.8. The quantitative estimate of drug-likeness (QED) is 0.605. The molecule has 1 aromatic heterocycles. The van der Waals surface area contributed by atoms with Gasteiger partial charge in [0.2, 0.25) is 5.43 Å². The Morgan fingerprint density at radius 1 is 0.889 bits per heavy atom. The maximum atomic E-state index is 13.0. The summed E-state index contributed by atoms with van der Waals surface area (Å²) in [5, 5.41) is 7.28. The third-order valence-electron chi connectivity index (χ3n) is 4.11. The van der Waals surface area contributed by atoms with Gasteiger partial charge in [0.1, 0.15) is 5.82 Å². The van der Waals surface area contributed by atoms with Crippen LogP contribution in [0.3, 0.4) is 0 Å². The minimum absolute atomic E-state index is 0.234. The molecular formula is C21H14FN3O2. The number of carbonyl (C=O) groups is 1. The summed E-state index contributed by atoms with van der Waals surface area (Å²) in [4.78, 5) is 25.5. The lowest BCUT2D eigenvalue weighted by Gasteiger charge is -2.12. The molecule has 5 nitrogen and oxygen atoms in total. The van der Waals surface area contributed by atoms with Crippen LogP contribution in [0.4, 0.5) is 10.1 Å². The zero-order valence-corrected chi connectivity index (χ0v) is 14.1. The first-order valence-corrected chi connectivity index (χ1v) is 8.28. The van der Waals surface area contributed by atoms with Crippen LogP contribution in [-0.4, -0.2) is 15.7 Å². The van der Waals surface area contributed by atoms with Gasteiger partial charge in [-0.05, 0) is 48.5 Å². The molecule has 4 aromatic rings. The number of benzene rings is 3. The van der Waals surface area contributed by atoms with E-state index in [1.54, 1.807) is 28.9 Å². The van der Waals surface area contributed by atoms with E-state index in [0.29, 0.717) is 16.6 Å². The number of hydrogen-bond donors (Lipinski definition) is 1. The summed E-state index contributed by atoms with van der Waals surface area (Å²) < 4.78 is 14.6. The van der Waals surface area contributed by atoms with Gasteiger partial charge in [0.15, 0.2) is 5.69 Å². The number of carbonyl (C=O) groups excluding carboxylic acids is 1. The highest BCUT2D eigenvalue weighted by Gasteiger charge is 2.18. The Labute approximate surface area is 153 Å². The second kappa shape index (κ2) is 6.84. The van der Waals surface area contributed by atoms with E-state index < -0.39 is 17.2 Å². The summed E-state index contributed by atoms with van der Waals surface area (Å²) in [5.74, 6) is -1.06. The van der Waals surface area contributed by atoms with Gasteiger partial charge in [-0.15, -0.1) is 0 Å². The third-order valence-corrected chi connectivity index (χ3v) is 4.11. The third kappa shape index (κ3) is 3.20. The Morgan fingerprint density at radius 3 is 2.30 bits per heavy atom. The molecule has 6 heteroatoms. The second-order valence-electron chi connectivity index (χ2n) is 5.90. The predicted molar refractivity (Wildman–Crippen MR) is 102 cm³/mol. The Bertz CT molecular complexity index is 1190. The maximum Gasteiger partial charge on any atom is 0.280 e. The topological polar surface area (TPSA) is 64.0 Å². The fourth-order valence-electron chi connectivity index (χ4n) is 2.82. The van der Waals surface area contributed by atoms with Crippen LogP contribution in [0.1, 0.15) is 10.5 Å². The standard InChI is InChI=1S/C21H14FN3O2/c22-14-10-12-15(13-11-14)23-21(27)19-20(26)17-8-4-5-9-18(17)25(24-19)16-6-2-1-3-7-16/h1-13H,(H,23,27). The predicted octanol–water partition coefficient (Wildman–Crippen LogP) is 3.78. The molecule has 0 saturated carbocycles. The fourth-order valence-corrected chi connectivity index (χ4v) is 2.82. The van der Waals surface area contributed by atoms with Crippen molar-refractivity contribution in [2.24, 2.45) is 0 Å². The van der Waals surface area contributed by atoms with Gasteiger partial charge in [-0.1, -0.05) is 30.3 Å². The minimum atomic E-state index is -0.651. The molecule has 0 saturated heterocycles. The molecule has 1 N–H and O–H groups in total. The van der Waals surface area contributed by atoms with Crippen molar-refractivity contribution in [2.75, 3.05) is 5.32 Å². The highest BCUT2D eigenvalue weighted by molar-refractivity contribution is 6.04. The molecule has 4 rings (SSSR count). The van der Waals surface area contributed by atoms with E-state index in [0.717, 1.165) is 5.69 Å². The Morgan fingerprint density at radius 2 is 1.56 bits per heavy atom. The number of rotatable bonds is 3. The molecule has 1 heterocycles. The molecule has 0 aliphatic heterocycles. The van der Waals surface area contributed by atoms with E-state index in [4.69, 9.17) is 0 Å². The van der Waals surface area contributed by atoms with Crippen molar-refractivity contribution < 1.29 is 9.18 Å². The number of para-hydroxylation sites is 2. The number of aromatic nitrogens is 2. The van der Waals surface area contributed by atoms with Crippen molar-refractivity contribution in [3.8, 4) is 5.69 Å². The number of anilines is 1. The van der Waals surface area contributed by atoms with Crippen LogP contribution in [-0.2, 0) is 0 Å². The van der Waals surface area contributed by atoms with Gasteiger partial charge >= 0.3 is 0 Å². The first-order valence-electron chi connectivity index (χ1n) is 8.28. The largest absolute Gasteiger partial charge is 0.320 e. The van der Waals surface area contributed by atoms with E-state index in [-0.39, 0.29) is 5.69 Å². The average Bonchev–Trinajstić information content (AvgIpc) is 2.71. The van der Waals surface area contributed by atoms with Crippen LogP contribution >= 0.6 is 0 Å². The molecule has 0 spiro atoms. The van der Waals surface area contributed by atoms with Crippen molar-refractivity contribution >= 4 is 22.5 Å². The number of fused-ring (bicyclic) bond motifs is 1. The van der Waals surface area contributed by atoms with Crippen LogP contribution < -0.4 is 10.7 Å². The Balaban J connectivity index is 1.85. The van der Waals surface area contributed by atoms with Gasteiger partial charge in [0.25, 0.3) is 5.91 Å². The summed E-state index contributed by atoms with van der Waals surface area (Å²) in [6.45, 7) is 0. The lowest BCUT2D eigenvalue weighted by Crippen LogP contribution is -2.26. The maximum absolute atomic E-state index is 13.0. The van der Waals surface area contributed by atoms with Crippen LogP contribution in [0.15, 0.2) is 83.7 Å². The average molecular weight is 359 g/mol. The number of nitrogens with zero attached hydrogens (tertiary/aromatic N) is 2. The number of hydrogen-bond acceptors (Lipinski definition) is 3. The van der Waals surface area contributed by atoms with Crippen molar-refractivity contribution in [1.29, 1.82) is 0 Å². The molecule has 0 aliphatic carbocycles. The van der Waals surface area contributed by atoms with Crippen LogP contribution in [0.5, 0.6) is 0 Å². The van der Waals surface area contributed by atoms with Crippen LogP contribution in [0.25, 0.3) is 16.6 Å². The number of nitrogens with one attached hydrogen (secondary N) is 1. The highest BCUT2D eigenvalue weighted by atomic mass is 19.1. The molecule has 0 bridgehead atoms. The lowest BCUT2D eigenvalue weighted by atomic mass is 10.2. The van der Waals surface area contributed by atoms with Crippen LogP contribution in [0, 0.1) is 5.82 Å². The molecule has 132 valence electrons. The van der Waals surface area contributed by atoms with Gasteiger partial charge in [0, 0.05) is 5.69 Å². The van der Waals surface area contributed by atoms with Crippen molar-refractivity contribution in [3.63, 3.8) is 0 Å². The van der Waals surface area contributed by atoms with E-state index in [1.807, 2.05) is 30.3 Å². The zero-order valence-electron chi connectivity index (χ0n) is 14.1. The molecule has 0 fully saturated rings. The first-order chi connectivity index (χ1) is 13.1. The molecule has 1 amide bonds. The summed E-state index contributed by atoms with van der Waals surface area (Å²) in [6.07, 6.45) is 0.